The molecular formula is C13H19N2O4+. The summed E-state index contributed by atoms with van der Waals surface area (Å²) in [5.41, 5.74) is 0.319. The summed E-state index contributed by atoms with van der Waals surface area (Å²) in [5, 5.41) is 8.85. The molecule has 0 unspecified atom stereocenters. The number of likely N-dealkylation sites (N-methyl/N-ethyl adjacent to an activating group) is 1. The van der Waals surface area contributed by atoms with E-state index in [0.29, 0.717) is 16.6 Å². The number of esters is 1. The Morgan fingerprint density at radius 2 is 2.11 bits per heavy atom. The molecule has 6 heteroatoms. The van der Waals surface area contributed by atoms with Crippen LogP contribution in [-0.4, -0.2) is 60.3 Å². The van der Waals surface area contributed by atoms with E-state index in [0.717, 1.165) is 0 Å². The highest BCUT2D eigenvalue weighted by atomic mass is 16.5. The van der Waals surface area contributed by atoms with Crippen molar-refractivity contribution in [3.05, 3.63) is 30.1 Å². The van der Waals surface area contributed by atoms with Crippen molar-refractivity contribution in [2.24, 2.45) is 0 Å². The second-order valence-corrected chi connectivity index (χ2v) is 5.34. The predicted molar refractivity (Wildman–Crippen MR) is 68.6 cm³/mol. The SMILES string of the molecule is C[N+](C)(C)C[C@@H](CC(=O)O)OC(=O)c1cccnc1. The summed E-state index contributed by atoms with van der Waals surface area (Å²) in [6.07, 6.45) is 2.08. The quantitative estimate of drug-likeness (QED) is 0.609. The lowest BCUT2D eigenvalue weighted by molar-refractivity contribution is -0.873. The molecule has 1 atom stereocenters. The van der Waals surface area contributed by atoms with Crippen molar-refractivity contribution in [3.8, 4) is 0 Å². The van der Waals surface area contributed by atoms with Crippen LogP contribution in [0.2, 0.25) is 0 Å². The number of rotatable bonds is 6. The Balaban J connectivity index is 2.72. The number of ether oxygens (including phenoxy) is 1. The van der Waals surface area contributed by atoms with Crippen LogP contribution in [0.15, 0.2) is 24.5 Å². The largest absolute Gasteiger partial charge is 0.481 e. The molecule has 6 nitrogen and oxygen atoms in total. The fourth-order valence-corrected chi connectivity index (χ4v) is 1.65. The van der Waals surface area contributed by atoms with Crippen LogP contribution in [0.4, 0.5) is 0 Å². The van der Waals surface area contributed by atoms with Crippen molar-refractivity contribution < 1.29 is 23.9 Å². The second-order valence-electron chi connectivity index (χ2n) is 5.34. The summed E-state index contributed by atoms with van der Waals surface area (Å²) in [7, 11) is 5.73. The fourth-order valence-electron chi connectivity index (χ4n) is 1.65. The van der Waals surface area contributed by atoms with Crippen LogP contribution < -0.4 is 0 Å². The van der Waals surface area contributed by atoms with Gasteiger partial charge in [0.05, 0.1) is 33.1 Å². The van der Waals surface area contributed by atoms with Crippen LogP contribution in [0.3, 0.4) is 0 Å². The Bertz CT molecular complexity index is 440. The van der Waals surface area contributed by atoms with Crippen LogP contribution >= 0.6 is 0 Å². The number of pyridine rings is 1. The van der Waals surface area contributed by atoms with E-state index in [9.17, 15) is 9.59 Å². The number of aromatic nitrogens is 1. The average molecular weight is 267 g/mol. The molecule has 0 bridgehead atoms. The van der Waals surface area contributed by atoms with Gasteiger partial charge in [-0.2, -0.15) is 0 Å². The lowest BCUT2D eigenvalue weighted by atomic mass is 10.2. The first kappa shape index (κ1) is 15.1. The molecule has 0 saturated carbocycles. The van der Waals surface area contributed by atoms with Crippen molar-refractivity contribution in [2.45, 2.75) is 12.5 Å². The number of carbonyl (C=O) groups is 2. The Labute approximate surface area is 112 Å². The van der Waals surface area contributed by atoms with Crippen molar-refractivity contribution in [1.29, 1.82) is 0 Å². The molecule has 1 aromatic heterocycles. The average Bonchev–Trinajstić information content (AvgIpc) is 2.26. The first-order chi connectivity index (χ1) is 8.78. The van der Waals surface area contributed by atoms with Crippen molar-refractivity contribution in [3.63, 3.8) is 0 Å². The van der Waals surface area contributed by atoms with Gasteiger partial charge in [-0.3, -0.25) is 9.78 Å². The van der Waals surface area contributed by atoms with Gasteiger partial charge in [0.25, 0.3) is 0 Å². The predicted octanol–water partition coefficient (Wildman–Crippen LogP) is 0.788. The zero-order valence-corrected chi connectivity index (χ0v) is 11.4. The molecule has 0 fully saturated rings. The molecule has 1 rings (SSSR count). The van der Waals surface area contributed by atoms with Crippen LogP contribution in [0.1, 0.15) is 16.8 Å². The van der Waals surface area contributed by atoms with Crippen LogP contribution in [0.5, 0.6) is 0 Å². The van der Waals surface area contributed by atoms with Gasteiger partial charge in [0.2, 0.25) is 0 Å². The Hall–Kier alpha value is -1.95. The molecule has 0 aliphatic carbocycles. The van der Waals surface area contributed by atoms with Gasteiger partial charge in [-0.05, 0) is 12.1 Å². The zero-order valence-electron chi connectivity index (χ0n) is 11.4. The van der Waals surface area contributed by atoms with E-state index in [1.54, 1.807) is 18.3 Å². The molecule has 1 aromatic rings. The highest BCUT2D eigenvalue weighted by Crippen LogP contribution is 2.09. The lowest BCUT2D eigenvalue weighted by Gasteiger charge is -2.28. The first-order valence-corrected chi connectivity index (χ1v) is 5.91. The van der Waals surface area contributed by atoms with Gasteiger partial charge >= 0.3 is 11.9 Å². The second kappa shape index (κ2) is 6.29. The van der Waals surface area contributed by atoms with E-state index in [1.807, 2.05) is 21.1 Å². The number of hydrogen-bond acceptors (Lipinski definition) is 4. The minimum atomic E-state index is -0.988. The third-order valence-corrected chi connectivity index (χ3v) is 2.32. The maximum Gasteiger partial charge on any atom is 0.340 e. The molecule has 0 aliphatic heterocycles. The van der Waals surface area contributed by atoms with Gasteiger partial charge in [0.15, 0.2) is 6.10 Å². The summed E-state index contributed by atoms with van der Waals surface area (Å²) in [4.78, 5) is 26.5. The molecule has 19 heavy (non-hydrogen) atoms. The maximum absolute atomic E-state index is 11.9. The van der Waals surface area contributed by atoms with Gasteiger partial charge in [0.1, 0.15) is 6.54 Å². The summed E-state index contributed by atoms with van der Waals surface area (Å²) in [5.74, 6) is -1.54. The van der Waals surface area contributed by atoms with Gasteiger partial charge < -0.3 is 14.3 Å². The number of hydrogen-bond donors (Lipinski definition) is 1. The summed E-state index contributed by atoms with van der Waals surface area (Å²) in [6.45, 7) is 0.429. The Kier molecular flexibility index (Phi) is 5.00. The molecule has 0 aromatic carbocycles. The third-order valence-electron chi connectivity index (χ3n) is 2.32. The minimum absolute atomic E-state index is 0.207. The molecule has 0 saturated heterocycles. The summed E-state index contributed by atoms with van der Waals surface area (Å²) < 4.78 is 5.76. The molecule has 1 N–H and O–H groups in total. The number of quaternary nitrogens is 1. The Morgan fingerprint density at radius 3 is 2.58 bits per heavy atom. The van der Waals surface area contributed by atoms with E-state index in [-0.39, 0.29) is 6.42 Å². The molecule has 0 aliphatic rings. The van der Waals surface area contributed by atoms with Gasteiger partial charge in [-0.25, -0.2) is 4.79 Å². The normalized spacial score (nSPS) is 12.8. The molecule has 0 amide bonds. The monoisotopic (exact) mass is 267 g/mol. The highest BCUT2D eigenvalue weighted by molar-refractivity contribution is 5.89. The molecule has 0 radical (unpaired) electrons. The number of carboxylic acid groups (broad SMARTS) is 1. The number of carboxylic acids is 1. The zero-order chi connectivity index (χ0) is 14.5. The van der Waals surface area contributed by atoms with Crippen molar-refractivity contribution >= 4 is 11.9 Å². The number of aliphatic carboxylic acids is 1. The minimum Gasteiger partial charge on any atom is -0.481 e. The van der Waals surface area contributed by atoms with E-state index >= 15 is 0 Å². The maximum atomic E-state index is 11.9. The van der Waals surface area contributed by atoms with E-state index in [1.165, 1.54) is 6.20 Å². The van der Waals surface area contributed by atoms with Gasteiger partial charge in [-0.15, -0.1) is 0 Å². The van der Waals surface area contributed by atoms with E-state index in [4.69, 9.17) is 9.84 Å². The molecule has 1 heterocycles. The van der Waals surface area contributed by atoms with Gasteiger partial charge in [0, 0.05) is 12.4 Å². The summed E-state index contributed by atoms with van der Waals surface area (Å²) in [6, 6.07) is 3.21. The Morgan fingerprint density at radius 1 is 1.42 bits per heavy atom. The van der Waals surface area contributed by atoms with Crippen molar-refractivity contribution in [1.82, 2.24) is 4.98 Å². The topological polar surface area (TPSA) is 76.5 Å². The van der Waals surface area contributed by atoms with Crippen LogP contribution in [0, 0.1) is 0 Å². The van der Waals surface area contributed by atoms with E-state index in [2.05, 4.69) is 4.98 Å². The molecule has 104 valence electrons. The third kappa shape index (κ3) is 5.96. The van der Waals surface area contributed by atoms with E-state index < -0.39 is 18.0 Å². The summed E-state index contributed by atoms with van der Waals surface area (Å²) >= 11 is 0. The molecule has 0 spiro atoms. The van der Waals surface area contributed by atoms with Crippen molar-refractivity contribution in [2.75, 3.05) is 27.7 Å². The first-order valence-electron chi connectivity index (χ1n) is 5.91. The smallest absolute Gasteiger partial charge is 0.340 e. The number of nitrogens with zero attached hydrogens (tertiary/aromatic N) is 2. The number of carbonyl (C=O) groups excluding carboxylic acids is 1. The highest BCUT2D eigenvalue weighted by Gasteiger charge is 2.25. The van der Waals surface area contributed by atoms with Gasteiger partial charge in [-0.1, -0.05) is 0 Å². The lowest BCUT2D eigenvalue weighted by Crippen LogP contribution is -2.43. The standard InChI is InChI=1S/C13H18N2O4/c1-15(2,3)9-11(7-12(16)17)19-13(18)10-5-4-6-14-8-10/h4-6,8,11H,7,9H2,1-3H3/p+1/t11-/m1/s1. The molecular weight excluding hydrogens is 248 g/mol. The fraction of sp³-hybridized carbons (Fsp3) is 0.462. The van der Waals surface area contributed by atoms with Crippen LogP contribution in [-0.2, 0) is 9.53 Å². The van der Waals surface area contributed by atoms with Crippen LogP contribution in [0.25, 0.3) is 0 Å².